The van der Waals surface area contributed by atoms with E-state index in [0.29, 0.717) is 25.3 Å². The van der Waals surface area contributed by atoms with Gasteiger partial charge in [-0.3, -0.25) is 9.69 Å². The van der Waals surface area contributed by atoms with Crippen molar-refractivity contribution in [2.24, 2.45) is 5.92 Å². The Balaban J connectivity index is 0.000000480. The van der Waals surface area contributed by atoms with Gasteiger partial charge in [0, 0.05) is 18.7 Å². The van der Waals surface area contributed by atoms with Gasteiger partial charge in [-0.1, -0.05) is 20.8 Å². The van der Waals surface area contributed by atoms with Gasteiger partial charge in [-0.15, -0.1) is 0 Å². The quantitative estimate of drug-likeness (QED) is 0.603. The van der Waals surface area contributed by atoms with Crippen LogP contribution in [0.2, 0.25) is 0 Å². The number of carbonyl (C=O) groups is 3. The predicted octanol–water partition coefficient (Wildman–Crippen LogP) is 2.17. The van der Waals surface area contributed by atoms with Gasteiger partial charge in [0.1, 0.15) is 6.04 Å². The molecule has 2 atom stereocenters. The Morgan fingerprint density at radius 1 is 1.36 bits per heavy atom. The molecular formula is C16H23F3N4O5. The summed E-state index contributed by atoms with van der Waals surface area (Å²) in [7, 11) is 0. The van der Waals surface area contributed by atoms with E-state index >= 15 is 0 Å². The van der Waals surface area contributed by atoms with Gasteiger partial charge in [0.05, 0.1) is 18.1 Å². The van der Waals surface area contributed by atoms with Crippen molar-refractivity contribution >= 4 is 18.0 Å². The van der Waals surface area contributed by atoms with Crippen molar-refractivity contribution in [2.45, 2.75) is 51.9 Å². The zero-order valence-corrected chi connectivity index (χ0v) is 15.6. The molecule has 1 aromatic rings. The monoisotopic (exact) mass is 408 g/mol. The van der Waals surface area contributed by atoms with Crippen LogP contribution in [0, 0.1) is 5.92 Å². The van der Waals surface area contributed by atoms with Gasteiger partial charge in [0.15, 0.2) is 0 Å². The summed E-state index contributed by atoms with van der Waals surface area (Å²) in [5.41, 5.74) is 1.58. The lowest BCUT2D eigenvalue weighted by molar-refractivity contribution is -0.192. The summed E-state index contributed by atoms with van der Waals surface area (Å²) < 4.78 is 31.7. The number of carboxylic acids is 1. The average molecular weight is 408 g/mol. The van der Waals surface area contributed by atoms with Crippen LogP contribution in [0.1, 0.15) is 44.6 Å². The third kappa shape index (κ3) is 5.86. The number of H-pyrrole nitrogens is 1. The van der Waals surface area contributed by atoms with Crippen LogP contribution in [0.25, 0.3) is 0 Å². The minimum Gasteiger partial charge on any atom is -0.475 e. The van der Waals surface area contributed by atoms with Gasteiger partial charge >= 0.3 is 18.2 Å². The summed E-state index contributed by atoms with van der Waals surface area (Å²) >= 11 is 0. The maximum absolute atomic E-state index is 12.4. The number of carboxylic acid groups (broad SMARTS) is 2. The number of halogens is 3. The van der Waals surface area contributed by atoms with Crippen molar-refractivity contribution in [3.05, 3.63) is 17.7 Å². The molecule has 1 aliphatic heterocycles. The molecule has 0 aliphatic carbocycles. The summed E-state index contributed by atoms with van der Waals surface area (Å²) in [5.74, 6) is -2.68. The topological polar surface area (TPSA) is 136 Å². The predicted molar refractivity (Wildman–Crippen MR) is 90.5 cm³/mol. The van der Waals surface area contributed by atoms with Crippen molar-refractivity contribution in [3.63, 3.8) is 0 Å². The number of imidazole rings is 1. The highest BCUT2D eigenvalue weighted by molar-refractivity contribution is 5.86. The number of aromatic nitrogens is 2. The number of carbonyl (C=O) groups excluding carboxylic acids is 1. The first-order valence-corrected chi connectivity index (χ1v) is 8.51. The van der Waals surface area contributed by atoms with Gasteiger partial charge in [-0.05, 0) is 12.3 Å². The van der Waals surface area contributed by atoms with Crippen LogP contribution in [0.3, 0.4) is 0 Å². The minimum absolute atomic E-state index is 0.246. The largest absolute Gasteiger partial charge is 0.490 e. The molecule has 0 saturated carbocycles. The molecular weight excluding hydrogens is 385 g/mol. The average Bonchev–Trinajstić information content (AvgIpc) is 3.05. The fourth-order valence-corrected chi connectivity index (χ4v) is 2.72. The number of fused-ring (bicyclic) bond motifs is 1. The van der Waals surface area contributed by atoms with Gasteiger partial charge in [0.2, 0.25) is 5.91 Å². The molecule has 0 fully saturated rings. The summed E-state index contributed by atoms with van der Waals surface area (Å²) in [4.78, 5) is 41.3. The Labute approximate surface area is 158 Å². The summed E-state index contributed by atoms with van der Waals surface area (Å²) in [6.07, 6.45) is -3.69. The highest BCUT2D eigenvalue weighted by Crippen LogP contribution is 2.33. The van der Waals surface area contributed by atoms with Gasteiger partial charge in [-0.2, -0.15) is 13.2 Å². The second-order valence-electron chi connectivity index (χ2n) is 6.54. The maximum atomic E-state index is 12.4. The van der Waals surface area contributed by atoms with Gasteiger partial charge in [-0.25, -0.2) is 14.6 Å². The minimum atomic E-state index is -5.08. The number of nitrogens with zero attached hydrogens (tertiary/aromatic N) is 2. The molecule has 9 nitrogen and oxygen atoms in total. The molecule has 28 heavy (non-hydrogen) atoms. The van der Waals surface area contributed by atoms with Crippen molar-refractivity contribution in [3.8, 4) is 0 Å². The lowest BCUT2D eigenvalue weighted by atomic mass is 9.94. The highest BCUT2D eigenvalue weighted by atomic mass is 19.4. The van der Waals surface area contributed by atoms with Crippen LogP contribution in [-0.4, -0.2) is 61.8 Å². The van der Waals surface area contributed by atoms with E-state index in [9.17, 15) is 27.9 Å². The molecule has 12 heteroatoms. The summed E-state index contributed by atoms with van der Waals surface area (Å²) in [6.45, 7) is 6.43. The highest BCUT2D eigenvalue weighted by Gasteiger charge is 2.41. The van der Waals surface area contributed by atoms with E-state index < -0.39 is 24.3 Å². The van der Waals surface area contributed by atoms with Gasteiger partial charge < -0.3 is 20.5 Å². The van der Waals surface area contributed by atoms with E-state index in [0.717, 1.165) is 11.4 Å². The third-order valence-electron chi connectivity index (χ3n) is 3.97. The number of aliphatic carboxylic acids is 1. The first kappa shape index (κ1) is 23.2. The van der Waals surface area contributed by atoms with Crippen molar-refractivity contribution in [1.82, 2.24) is 20.2 Å². The van der Waals surface area contributed by atoms with Crippen LogP contribution >= 0.6 is 0 Å². The van der Waals surface area contributed by atoms with Crippen LogP contribution in [0.15, 0.2) is 6.33 Å². The first-order valence-electron chi connectivity index (χ1n) is 8.51. The number of nitrogens with one attached hydrogen (secondary N) is 2. The van der Waals surface area contributed by atoms with Crippen LogP contribution in [-0.2, 0) is 16.0 Å². The Kier molecular flexibility index (Phi) is 7.82. The Morgan fingerprint density at radius 2 is 1.93 bits per heavy atom. The molecule has 2 heterocycles. The number of alkyl halides is 3. The molecule has 2 rings (SSSR count). The van der Waals surface area contributed by atoms with Crippen molar-refractivity contribution < 1.29 is 37.8 Å². The van der Waals surface area contributed by atoms with E-state index in [2.05, 4.69) is 15.3 Å². The lowest BCUT2D eigenvalue weighted by Crippen LogP contribution is -2.54. The SMILES string of the molecule is CC[C@H]1c2nc[nH]c2C[C@@H](C(=O)NCC(C)C)N1C(=O)O.O=C(O)C(F)(F)F. The molecule has 1 aliphatic rings. The van der Waals surface area contributed by atoms with Crippen molar-refractivity contribution in [2.75, 3.05) is 6.54 Å². The third-order valence-corrected chi connectivity index (χ3v) is 3.97. The van der Waals surface area contributed by atoms with E-state index in [1.54, 1.807) is 6.33 Å². The van der Waals surface area contributed by atoms with E-state index in [-0.39, 0.29) is 11.9 Å². The van der Waals surface area contributed by atoms with Crippen LogP contribution in [0.5, 0.6) is 0 Å². The number of hydrogen-bond acceptors (Lipinski definition) is 4. The Morgan fingerprint density at radius 3 is 2.36 bits per heavy atom. The molecule has 0 saturated heterocycles. The molecule has 0 bridgehead atoms. The molecule has 2 amide bonds. The van der Waals surface area contributed by atoms with Crippen molar-refractivity contribution in [1.29, 1.82) is 0 Å². The molecule has 158 valence electrons. The normalized spacial score (nSPS) is 18.8. The first-order chi connectivity index (χ1) is 12.9. The fraction of sp³-hybridized carbons (Fsp3) is 0.625. The second kappa shape index (κ2) is 9.42. The number of hydrogen-bond donors (Lipinski definition) is 4. The zero-order valence-electron chi connectivity index (χ0n) is 15.6. The zero-order chi connectivity index (χ0) is 21.6. The molecule has 4 N–H and O–H groups in total. The Hall–Kier alpha value is -2.79. The number of rotatable bonds is 4. The summed E-state index contributed by atoms with van der Waals surface area (Å²) in [6, 6.07) is -1.09. The fourth-order valence-electron chi connectivity index (χ4n) is 2.72. The number of aromatic amines is 1. The van der Waals surface area contributed by atoms with Gasteiger partial charge in [0.25, 0.3) is 0 Å². The standard InChI is InChI=1S/C14H22N4O3.C2HF3O2/c1-4-10-12-9(16-7-17-12)5-11(18(10)14(20)21)13(19)15-6-8(2)3;3-2(4,5)1(6)7/h7-8,10-11H,4-6H2,1-3H3,(H,15,19)(H,16,17)(H,20,21);(H,6,7)/t10-,11-;/m0./s1. The Bertz CT molecular complexity index is 705. The smallest absolute Gasteiger partial charge is 0.475 e. The van der Waals surface area contributed by atoms with E-state index in [4.69, 9.17) is 9.90 Å². The van der Waals surface area contributed by atoms with Crippen LogP contribution in [0.4, 0.5) is 18.0 Å². The molecule has 0 radical (unpaired) electrons. The second-order valence-corrected chi connectivity index (χ2v) is 6.54. The molecule has 1 aromatic heterocycles. The number of amides is 2. The van der Waals surface area contributed by atoms with E-state index in [1.165, 1.54) is 4.90 Å². The molecule has 0 aromatic carbocycles. The van der Waals surface area contributed by atoms with Crippen LogP contribution < -0.4 is 5.32 Å². The summed E-state index contributed by atoms with van der Waals surface area (Å²) in [5, 5.41) is 19.5. The maximum Gasteiger partial charge on any atom is 0.490 e. The lowest BCUT2D eigenvalue weighted by Gasteiger charge is -2.38. The van der Waals surface area contributed by atoms with E-state index in [1.807, 2.05) is 20.8 Å². The molecule has 0 unspecified atom stereocenters. The molecule has 0 spiro atoms.